The van der Waals surface area contributed by atoms with Gasteiger partial charge < -0.3 is 19.7 Å². The second-order valence-corrected chi connectivity index (χ2v) is 18.7. The van der Waals surface area contributed by atoms with E-state index in [1.165, 1.54) is 6.20 Å². The van der Waals surface area contributed by atoms with E-state index in [-0.39, 0.29) is 43.3 Å². The number of benzene rings is 3. The molecule has 0 saturated carbocycles. The lowest BCUT2D eigenvalue weighted by Crippen LogP contribution is -2.52. The first-order valence-electron chi connectivity index (χ1n) is 21.3. The number of carbonyl (C=O) groups is 4. The van der Waals surface area contributed by atoms with E-state index in [4.69, 9.17) is 0 Å². The Labute approximate surface area is 366 Å². The molecule has 0 radical (unpaired) electrons. The van der Waals surface area contributed by atoms with Crippen molar-refractivity contribution in [2.45, 2.75) is 50.5 Å². The largest absolute Gasteiger partial charge is 0.370 e. The van der Waals surface area contributed by atoms with Crippen molar-refractivity contribution < 1.29 is 40.8 Å². The van der Waals surface area contributed by atoms with Crippen LogP contribution in [0.15, 0.2) is 73.1 Å². The van der Waals surface area contributed by atoms with Crippen LogP contribution >= 0.6 is 0 Å². The van der Waals surface area contributed by atoms with Gasteiger partial charge in [0.05, 0.1) is 11.3 Å². The van der Waals surface area contributed by atoms with Gasteiger partial charge in [0.2, 0.25) is 17.6 Å². The van der Waals surface area contributed by atoms with Crippen LogP contribution in [0, 0.1) is 11.6 Å². The number of ketones is 1. The van der Waals surface area contributed by atoms with Gasteiger partial charge in [-0.05, 0) is 78.9 Å². The molecule has 3 N–H and O–H groups in total. The number of aromatic nitrogens is 2. The minimum Gasteiger partial charge on any atom is -0.370 e. The molecule has 0 aliphatic carbocycles. The number of aromatic amines is 1. The van der Waals surface area contributed by atoms with Gasteiger partial charge in [0.25, 0.3) is 5.91 Å². The van der Waals surface area contributed by atoms with Gasteiger partial charge in [-0.15, -0.1) is 0 Å². The number of nitrogens with zero attached hydrogens (tertiary/aromatic N) is 6. The number of hydrogen-bond donors (Lipinski definition) is 3. The van der Waals surface area contributed by atoms with Crippen LogP contribution in [0.25, 0.3) is 22.2 Å². The number of nitrogens with one attached hydrogen (secondary N) is 3. The number of carbonyl (C=O) groups excluding carboxylic acids is 4. The molecule has 1 unspecified atom stereocenters. The molecule has 0 spiro atoms. The third kappa shape index (κ3) is 7.64. The van der Waals surface area contributed by atoms with Crippen molar-refractivity contribution in [1.82, 2.24) is 29.4 Å². The molecule has 15 nitrogen and oxygen atoms in total. The van der Waals surface area contributed by atoms with Crippen molar-refractivity contribution >= 4 is 61.8 Å². The van der Waals surface area contributed by atoms with Crippen molar-refractivity contribution in [3.63, 3.8) is 0 Å². The molecule has 64 heavy (non-hydrogen) atoms. The lowest BCUT2D eigenvalue weighted by molar-refractivity contribution is -0.136. The van der Waals surface area contributed by atoms with Gasteiger partial charge in [-0.1, -0.05) is 12.1 Å². The van der Waals surface area contributed by atoms with E-state index >= 15 is 8.78 Å². The van der Waals surface area contributed by atoms with Gasteiger partial charge in [-0.25, -0.2) is 18.2 Å². The monoisotopic (exact) mass is 895 g/mol. The Morgan fingerprint density at radius 1 is 0.828 bits per heavy atom. The Hall–Kier alpha value is -6.31. The highest BCUT2D eigenvalue weighted by Crippen LogP contribution is 2.34. The summed E-state index contributed by atoms with van der Waals surface area (Å²) in [4.78, 5) is 67.2. The van der Waals surface area contributed by atoms with Gasteiger partial charge in [0, 0.05) is 117 Å². The number of fused-ring (bicyclic) bond motifs is 2. The van der Waals surface area contributed by atoms with Crippen LogP contribution in [0.1, 0.15) is 57.5 Å². The third-order valence-corrected chi connectivity index (χ3v) is 14.7. The molecular weight excluding hydrogens is 852 g/mol. The fourth-order valence-corrected chi connectivity index (χ4v) is 10.9. The quantitative estimate of drug-likeness (QED) is 0.133. The van der Waals surface area contributed by atoms with E-state index in [9.17, 15) is 32.0 Å². The smallest absolute Gasteiger partial charge is 0.301 e. The summed E-state index contributed by atoms with van der Waals surface area (Å²) in [7, 11) is -4.36. The van der Waals surface area contributed by atoms with Crippen LogP contribution in [0.5, 0.6) is 0 Å². The standard InChI is InChI=1S/C45H44F3N9O6S/c46-29-11-14-56(24-29)64(62,63)52-37-8-7-36(47)40(41(37)48)42(59)35-22-50-43-34(35)20-27(21-49-43)26-1-3-30(4-2-26)53-15-17-54(18-16-53)32-12-13-55(25-32)31-5-6-33-28(19-31)23-57(45(33)61)38-9-10-39(58)51-44(38)60/h1-8,19-22,29,32,38,52H,9-18,23-25H2,(H,49,50)(H,51,58,60)/t29-,32-,38?/m1/s1. The number of rotatable bonds is 10. The van der Waals surface area contributed by atoms with Crippen LogP contribution in [-0.2, 0) is 26.3 Å². The Morgan fingerprint density at radius 2 is 1.61 bits per heavy atom. The zero-order valence-electron chi connectivity index (χ0n) is 34.5. The second kappa shape index (κ2) is 16.4. The molecule has 10 rings (SSSR count). The maximum Gasteiger partial charge on any atom is 0.301 e. The number of pyridine rings is 1. The summed E-state index contributed by atoms with van der Waals surface area (Å²) >= 11 is 0. The van der Waals surface area contributed by atoms with Crippen molar-refractivity contribution in [2.75, 3.05) is 66.9 Å². The number of H-pyrrole nitrogens is 1. The maximum atomic E-state index is 15.8. The van der Waals surface area contributed by atoms with Crippen molar-refractivity contribution in [3.05, 3.63) is 107 Å². The summed E-state index contributed by atoms with van der Waals surface area (Å²) in [5.74, 6) is -4.47. The zero-order chi connectivity index (χ0) is 44.4. The molecule has 0 bridgehead atoms. The summed E-state index contributed by atoms with van der Waals surface area (Å²) in [5.41, 5.74) is 3.79. The molecule has 5 aliphatic heterocycles. The van der Waals surface area contributed by atoms with Crippen LogP contribution in [-0.4, -0.2) is 127 Å². The van der Waals surface area contributed by atoms with Gasteiger partial charge in [-0.2, -0.15) is 12.7 Å². The Bertz CT molecular complexity index is 2830. The molecule has 332 valence electrons. The molecule has 3 amide bonds. The molecule has 4 saturated heterocycles. The minimum absolute atomic E-state index is 0.000852. The molecule has 7 heterocycles. The average molecular weight is 896 g/mol. The minimum atomic E-state index is -4.36. The predicted octanol–water partition coefficient (Wildman–Crippen LogP) is 4.60. The van der Waals surface area contributed by atoms with Crippen molar-refractivity contribution in [2.24, 2.45) is 0 Å². The summed E-state index contributed by atoms with van der Waals surface area (Å²) in [6.07, 6.45) is 3.16. The molecule has 19 heteroatoms. The van der Waals surface area contributed by atoms with Crippen LogP contribution in [0.2, 0.25) is 0 Å². The van der Waals surface area contributed by atoms with Gasteiger partial charge in [-0.3, -0.25) is 34.1 Å². The molecule has 3 aromatic carbocycles. The molecular formula is C45H44F3N9O6S. The first-order chi connectivity index (χ1) is 30.8. The number of piperidine rings is 1. The molecule has 5 aliphatic rings. The van der Waals surface area contributed by atoms with Crippen LogP contribution in [0.4, 0.5) is 30.2 Å². The highest BCUT2D eigenvalue weighted by molar-refractivity contribution is 7.90. The normalized spacial score (nSPS) is 22.1. The summed E-state index contributed by atoms with van der Waals surface area (Å²) < 4.78 is 73.1. The maximum absolute atomic E-state index is 15.8. The van der Waals surface area contributed by atoms with Gasteiger partial charge in [0.15, 0.2) is 5.82 Å². The molecule has 2 aromatic heterocycles. The lowest BCUT2D eigenvalue weighted by atomic mass is 9.99. The lowest BCUT2D eigenvalue weighted by Gasteiger charge is -2.39. The fourth-order valence-electron chi connectivity index (χ4n) is 9.67. The van der Waals surface area contributed by atoms with E-state index in [1.54, 1.807) is 17.2 Å². The highest BCUT2D eigenvalue weighted by Gasteiger charge is 2.40. The van der Waals surface area contributed by atoms with Gasteiger partial charge in [0.1, 0.15) is 23.7 Å². The summed E-state index contributed by atoms with van der Waals surface area (Å²) in [5, 5.41) is 2.68. The first-order valence-corrected chi connectivity index (χ1v) is 22.8. The average Bonchev–Trinajstić information content (AvgIpc) is 4.11. The third-order valence-electron chi connectivity index (χ3n) is 13.2. The van der Waals surface area contributed by atoms with E-state index in [0.717, 1.165) is 84.6 Å². The van der Waals surface area contributed by atoms with E-state index in [2.05, 4.69) is 36.1 Å². The number of anilines is 3. The van der Waals surface area contributed by atoms with E-state index < -0.39 is 57.0 Å². The fraction of sp³-hybridized carbons (Fsp3) is 0.356. The molecule has 3 atom stereocenters. The number of halogens is 3. The van der Waals surface area contributed by atoms with E-state index in [0.29, 0.717) is 41.2 Å². The van der Waals surface area contributed by atoms with Crippen LogP contribution in [0.3, 0.4) is 0 Å². The SMILES string of the molecule is O=C1CCC(N2Cc3cc(N4CC[C@@H](N5CCN(c6ccc(-c7cnc8[nH]cc(C(=O)c9c(F)ccc(NS(=O)(=O)N%10CC[C@@H](F)C%10)c9F)c8c7)cc6)CC5)C4)ccc3C2=O)C(=O)N1. The Kier molecular flexibility index (Phi) is 10.7. The Morgan fingerprint density at radius 3 is 2.36 bits per heavy atom. The Balaban J connectivity index is 0.768. The number of imide groups is 1. The van der Waals surface area contributed by atoms with Crippen molar-refractivity contribution in [3.8, 4) is 11.1 Å². The number of alkyl halides is 1. The highest BCUT2D eigenvalue weighted by atomic mass is 32.2. The number of amides is 3. The molecule has 4 fully saturated rings. The van der Waals surface area contributed by atoms with Crippen LogP contribution < -0.4 is 19.8 Å². The summed E-state index contributed by atoms with van der Waals surface area (Å²) in [6.45, 7) is 5.06. The number of piperazine rings is 1. The zero-order valence-corrected chi connectivity index (χ0v) is 35.3. The second-order valence-electron chi connectivity index (χ2n) is 17.0. The van der Waals surface area contributed by atoms with Crippen molar-refractivity contribution in [1.29, 1.82) is 0 Å². The first kappa shape index (κ1) is 41.7. The predicted molar refractivity (Wildman–Crippen MR) is 232 cm³/mol. The number of hydrogen-bond acceptors (Lipinski definition) is 10. The van der Waals surface area contributed by atoms with Gasteiger partial charge >= 0.3 is 10.2 Å². The van der Waals surface area contributed by atoms with E-state index in [1.807, 2.05) is 41.1 Å². The summed E-state index contributed by atoms with van der Waals surface area (Å²) in [6, 6.07) is 17.0. The molecule has 5 aromatic rings. The topological polar surface area (TPSA) is 171 Å².